The van der Waals surface area contributed by atoms with Crippen LogP contribution in [0.4, 0.5) is 0 Å². The van der Waals surface area contributed by atoms with Crippen LogP contribution in [0.2, 0.25) is 0 Å². The molecule has 1 aliphatic heterocycles. The molecule has 1 fully saturated rings. The molecule has 2 atom stereocenters. The van der Waals surface area contributed by atoms with E-state index in [0.717, 1.165) is 16.7 Å². The SMILES string of the molecule is Cc1ccc(C(=O)N2CCCN(C(=O)c3ccc(C(C)(C)C)cc3)C2C(=O)NC(CC(=O)O)c2cccc(C)c2)cc1. The number of aryl methyl sites for hydroxylation is 2. The molecule has 3 aromatic carbocycles. The molecule has 220 valence electrons. The molecule has 3 amide bonds. The largest absolute Gasteiger partial charge is 0.481 e. The van der Waals surface area contributed by atoms with Crippen LogP contribution in [-0.4, -0.2) is 57.9 Å². The third-order valence-corrected chi connectivity index (χ3v) is 7.58. The first-order valence-corrected chi connectivity index (χ1v) is 14.2. The van der Waals surface area contributed by atoms with Gasteiger partial charge in [0.1, 0.15) is 0 Å². The molecule has 8 nitrogen and oxygen atoms in total. The third kappa shape index (κ3) is 7.05. The first kappa shape index (κ1) is 30.5. The zero-order chi connectivity index (χ0) is 30.6. The quantitative estimate of drug-likeness (QED) is 0.404. The van der Waals surface area contributed by atoms with Gasteiger partial charge >= 0.3 is 5.97 Å². The number of nitrogens with one attached hydrogen (secondary N) is 1. The van der Waals surface area contributed by atoms with Crippen molar-refractivity contribution in [2.24, 2.45) is 0 Å². The van der Waals surface area contributed by atoms with E-state index in [2.05, 4.69) is 26.1 Å². The topological polar surface area (TPSA) is 107 Å². The number of carbonyl (C=O) groups is 4. The molecule has 2 unspecified atom stereocenters. The molecule has 0 radical (unpaired) electrons. The van der Waals surface area contributed by atoms with Crippen molar-refractivity contribution in [2.75, 3.05) is 13.1 Å². The fourth-order valence-electron chi connectivity index (χ4n) is 5.23. The lowest BCUT2D eigenvalue weighted by Crippen LogP contribution is -2.63. The van der Waals surface area contributed by atoms with E-state index >= 15 is 0 Å². The highest BCUT2D eigenvalue weighted by molar-refractivity contribution is 6.01. The minimum absolute atomic E-state index is 0.0959. The monoisotopic (exact) mass is 569 g/mol. The summed E-state index contributed by atoms with van der Waals surface area (Å²) in [5.41, 5.74) is 4.33. The summed E-state index contributed by atoms with van der Waals surface area (Å²) in [6, 6.07) is 20.8. The van der Waals surface area contributed by atoms with Crippen molar-refractivity contribution in [3.05, 3.63) is 106 Å². The highest BCUT2D eigenvalue weighted by Crippen LogP contribution is 2.26. The lowest BCUT2D eigenvalue weighted by molar-refractivity contribution is -0.138. The molecular formula is C34H39N3O5. The van der Waals surface area contributed by atoms with Crippen LogP contribution < -0.4 is 5.32 Å². The van der Waals surface area contributed by atoms with Gasteiger partial charge in [0.2, 0.25) is 0 Å². The second-order valence-corrected chi connectivity index (χ2v) is 12.0. The van der Waals surface area contributed by atoms with Crippen LogP contribution in [0.5, 0.6) is 0 Å². The molecule has 0 aliphatic carbocycles. The van der Waals surface area contributed by atoms with E-state index in [1.807, 2.05) is 50.2 Å². The molecule has 0 bridgehead atoms. The maximum absolute atomic E-state index is 14.1. The van der Waals surface area contributed by atoms with Gasteiger partial charge in [-0.15, -0.1) is 0 Å². The third-order valence-electron chi connectivity index (χ3n) is 7.58. The Balaban J connectivity index is 1.72. The molecule has 0 aromatic heterocycles. The van der Waals surface area contributed by atoms with Gasteiger partial charge < -0.3 is 20.2 Å². The van der Waals surface area contributed by atoms with Gasteiger partial charge in [-0.1, -0.05) is 80.4 Å². The fourth-order valence-corrected chi connectivity index (χ4v) is 5.23. The van der Waals surface area contributed by atoms with E-state index in [-0.39, 0.29) is 36.7 Å². The highest BCUT2D eigenvalue weighted by atomic mass is 16.4. The molecule has 1 aliphatic rings. The number of hydrogen-bond acceptors (Lipinski definition) is 4. The van der Waals surface area contributed by atoms with Crippen LogP contribution in [0.1, 0.15) is 82.6 Å². The van der Waals surface area contributed by atoms with Crippen molar-refractivity contribution in [1.29, 1.82) is 0 Å². The van der Waals surface area contributed by atoms with Crippen LogP contribution >= 0.6 is 0 Å². The predicted molar refractivity (Wildman–Crippen MR) is 161 cm³/mol. The highest BCUT2D eigenvalue weighted by Gasteiger charge is 2.41. The van der Waals surface area contributed by atoms with Gasteiger partial charge in [0.15, 0.2) is 6.17 Å². The Kier molecular flexibility index (Phi) is 9.14. The molecule has 42 heavy (non-hydrogen) atoms. The average Bonchev–Trinajstić information content (AvgIpc) is 2.95. The summed E-state index contributed by atoms with van der Waals surface area (Å²) in [5, 5.41) is 12.5. The minimum atomic E-state index is -1.26. The van der Waals surface area contributed by atoms with Crippen LogP contribution in [0.25, 0.3) is 0 Å². The first-order chi connectivity index (χ1) is 19.8. The zero-order valence-corrected chi connectivity index (χ0v) is 24.9. The first-order valence-electron chi connectivity index (χ1n) is 14.2. The predicted octanol–water partition coefficient (Wildman–Crippen LogP) is 5.25. The number of hydrogen-bond donors (Lipinski definition) is 2. The molecule has 0 saturated carbocycles. The van der Waals surface area contributed by atoms with Gasteiger partial charge in [-0.3, -0.25) is 19.2 Å². The average molecular weight is 570 g/mol. The number of carboxylic acids is 1. The Hall–Kier alpha value is -4.46. The smallest absolute Gasteiger partial charge is 0.305 e. The van der Waals surface area contributed by atoms with Crippen molar-refractivity contribution < 1.29 is 24.3 Å². The molecule has 1 saturated heterocycles. The van der Waals surface area contributed by atoms with Gasteiger partial charge in [-0.2, -0.15) is 0 Å². The summed E-state index contributed by atoms with van der Waals surface area (Å²) in [6.45, 7) is 10.6. The lowest BCUT2D eigenvalue weighted by atomic mass is 9.86. The Labute approximate surface area is 247 Å². The van der Waals surface area contributed by atoms with Crippen molar-refractivity contribution in [2.45, 2.75) is 65.1 Å². The second-order valence-electron chi connectivity index (χ2n) is 12.0. The van der Waals surface area contributed by atoms with Crippen molar-refractivity contribution in [3.8, 4) is 0 Å². The van der Waals surface area contributed by atoms with Gasteiger partial charge in [-0.05, 0) is 61.1 Å². The Morgan fingerprint density at radius 1 is 0.833 bits per heavy atom. The summed E-state index contributed by atoms with van der Waals surface area (Å²) < 4.78 is 0. The van der Waals surface area contributed by atoms with Crippen molar-refractivity contribution >= 4 is 23.7 Å². The minimum Gasteiger partial charge on any atom is -0.481 e. The maximum atomic E-state index is 14.1. The molecule has 8 heteroatoms. The van der Waals surface area contributed by atoms with Gasteiger partial charge in [0, 0.05) is 24.2 Å². The molecule has 2 N–H and O–H groups in total. The Morgan fingerprint density at radius 3 is 1.88 bits per heavy atom. The summed E-state index contributed by atoms with van der Waals surface area (Å²) in [4.78, 5) is 56.4. The maximum Gasteiger partial charge on any atom is 0.305 e. The van der Waals surface area contributed by atoms with E-state index in [9.17, 15) is 24.3 Å². The standard InChI is InChI=1S/C34H39N3O5/c1-22-10-12-24(13-11-22)32(41)36-18-7-19-37(33(42)25-14-16-27(17-15-25)34(3,4)5)31(36)30(40)35-28(21-29(38)39)26-9-6-8-23(2)20-26/h6,8-17,20,28,31H,7,18-19,21H2,1-5H3,(H,35,40)(H,38,39). The number of carbonyl (C=O) groups excluding carboxylic acids is 3. The number of rotatable bonds is 7. The summed E-state index contributed by atoms with van der Waals surface area (Å²) in [5.74, 6) is -2.43. The Bertz CT molecular complexity index is 1460. The lowest BCUT2D eigenvalue weighted by Gasteiger charge is -2.43. The van der Waals surface area contributed by atoms with E-state index < -0.39 is 24.1 Å². The Morgan fingerprint density at radius 2 is 1.38 bits per heavy atom. The second kappa shape index (κ2) is 12.6. The van der Waals surface area contributed by atoms with Gasteiger partial charge in [0.05, 0.1) is 12.5 Å². The number of carboxylic acid groups (broad SMARTS) is 1. The molecular weight excluding hydrogens is 530 g/mol. The zero-order valence-electron chi connectivity index (χ0n) is 24.9. The number of amides is 3. The molecule has 4 rings (SSSR count). The molecule has 3 aromatic rings. The summed E-state index contributed by atoms with van der Waals surface area (Å²) >= 11 is 0. The summed E-state index contributed by atoms with van der Waals surface area (Å²) in [7, 11) is 0. The number of aliphatic carboxylic acids is 1. The van der Waals surface area contributed by atoms with Crippen LogP contribution in [0, 0.1) is 13.8 Å². The van der Waals surface area contributed by atoms with Crippen molar-refractivity contribution in [3.63, 3.8) is 0 Å². The van der Waals surface area contributed by atoms with Crippen LogP contribution in [0.3, 0.4) is 0 Å². The van der Waals surface area contributed by atoms with Gasteiger partial charge in [-0.25, -0.2) is 0 Å². The van der Waals surface area contributed by atoms with Crippen molar-refractivity contribution in [1.82, 2.24) is 15.1 Å². The normalized spacial score (nSPS) is 16.1. The number of benzene rings is 3. The summed E-state index contributed by atoms with van der Waals surface area (Å²) in [6.07, 6.45) is -1.12. The van der Waals surface area contributed by atoms with E-state index in [1.165, 1.54) is 9.80 Å². The van der Waals surface area contributed by atoms with Gasteiger partial charge in [0.25, 0.3) is 17.7 Å². The van der Waals surface area contributed by atoms with E-state index in [0.29, 0.717) is 23.1 Å². The number of nitrogens with zero attached hydrogens (tertiary/aromatic N) is 2. The van der Waals surface area contributed by atoms with Crippen LogP contribution in [-0.2, 0) is 15.0 Å². The van der Waals surface area contributed by atoms with E-state index in [4.69, 9.17) is 0 Å². The fraction of sp³-hybridized carbons (Fsp3) is 0.353. The molecule has 0 spiro atoms. The van der Waals surface area contributed by atoms with Crippen LogP contribution in [0.15, 0.2) is 72.8 Å². The van der Waals surface area contributed by atoms with E-state index in [1.54, 1.807) is 36.4 Å². The molecule has 1 heterocycles.